The Morgan fingerprint density at radius 2 is 1.93 bits per heavy atom. The van der Waals surface area contributed by atoms with Crippen LogP contribution in [0.15, 0.2) is 46.9 Å². The topological polar surface area (TPSA) is 95.7 Å². The van der Waals surface area contributed by atoms with E-state index in [0.29, 0.717) is 43.2 Å². The Morgan fingerprint density at radius 3 is 2.64 bits per heavy atom. The van der Waals surface area contributed by atoms with Gasteiger partial charge in [0, 0.05) is 24.7 Å². The molecule has 0 aliphatic carbocycles. The molecule has 1 aromatic heterocycles. The van der Waals surface area contributed by atoms with Crippen LogP contribution < -0.4 is 10.2 Å². The molecular formula is C21H21N3O4. The first-order chi connectivity index (χ1) is 13.5. The van der Waals surface area contributed by atoms with E-state index in [1.807, 2.05) is 24.3 Å². The summed E-state index contributed by atoms with van der Waals surface area (Å²) in [5.41, 5.74) is 2.95. The zero-order valence-corrected chi connectivity index (χ0v) is 15.5. The second kappa shape index (κ2) is 7.34. The molecule has 7 heteroatoms. The Bertz CT molecular complexity index is 1000. The number of para-hydroxylation sites is 2. The summed E-state index contributed by atoms with van der Waals surface area (Å²) in [7, 11) is 0. The van der Waals surface area contributed by atoms with E-state index in [2.05, 4.69) is 15.2 Å². The van der Waals surface area contributed by atoms with Gasteiger partial charge in [0.2, 0.25) is 5.91 Å². The Balaban J connectivity index is 1.39. The minimum absolute atomic E-state index is 0.0857. The molecule has 1 aliphatic heterocycles. The van der Waals surface area contributed by atoms with Gasteiger partial charge in [-0.05, 0) is 49.6 Å². The molecule has 144 valence electrons. The maximum atomic E-state index is 12.6. The van der Waals surface area contributed by atoms with E-state index in [9.17, 15) is 14.7 Å². The minimum Gasteiger partial charge on any atom is -0.478 e. The third kappa shape index (κ3) is 3.55. The molecule has 3 aromatic rings. The van der Waals surface area contributed by atoms with E-state index in [0.717, 1.165) is 11.1 Å². The number of hydrogen-bond donors (Lipinski definition) is 2. The van der Waals surface area contributed by atoms with Crippen LogP contribution >= 0.6 is 0 Å². The van der Waals surface area contributed by atoms with Crippen molar-refractivity contribution < 1.29 is 19.1 Å². The highest BCUT2D eigenvalue weighted by Gasteiger charge is 2.27. The quantitative estimate of drug-likeness (QED) is 0.718. The Hall–Kier alpha value is -3.35. The van der Waals surface area contributed by atoms with E-state index < -0.39 is 5.97 Å². The predicted octanol–water partition coefficient (Wildman–Crippen LogP) is 3.69. The van der Waals surface area contributed by atoms with Crippen molar-refractivity contribution in [1.82, 2.24) is 4.98 Å². The van der Waals surface area contributed by atoms with Gasteiger partial charge in [-0.2, -0.15) is 4.98 Å². The van der Waals surface area contributed by atoms with Gasteiger partial charge in [-0.25, -0.2) is 4.79 Å². The number of aromatic carboxylic acids is 1. The third-order valence-corrected chi connectivity index (χ3v) is 5.15. The number of anilines is 2. The summed E-state index contributed by atoms with van der Waals surface area (Å²) in [5.74, 6) is -1.21. The number of aromatic nitrogens is 1. The molecule has 0 spiro atoms. The number of piperidine rings is 1. The predicted molar refractivity (Wildman–Crippen MR) is 106 cm³/mol. The normalized spacial score (nSPS) is 15.0. The lowest BCUT2D eigenvalue weighted by molar-refractivity contribution is -0.120. The molecule has 1 amide bonds. The van der Waals surface area contributed by atoms with Gasteiger partial charge < -0.3 is 19.7 Å². The molecule has 4 rings (SSSR count). The van der Waals surface area contributed by atoms with Crippen LogP contribution in [0, 0.1) is 12.8 Å². The fourth-order valence-corrected chi connectivity index (χ4v) is 3.50. The van der Waals surface area contributed by atoms with Crippen LogP contribution in [0.2, 0.25) is 0 Å². The van der Waals surface area contributed by atoms with Crippen LogP contribution in [0.3, 0.4) is 0 Å². The molecule has 0 radical (unpaired) electrons. The van der Waals surface area contributed by atoms with Crippen molar-refractivity contribution in [2.24, 2.45) is 5.92 Å². The molecule has 1 fully saturated rings. The number of carbonyl (C=O) groups excluding carboxylic acids is 1. The number of rotatable bonds is 4. The van der Waals surface area contributed by atoms with E-state index in [-0.39, 0.29) is 17.4 Å². The summed E-state index contributed by atoms with van der Waals surface area (Å²) >= 11 is 0. The van der Waals surface area contributed by atoms with Crippen LogP contribution in [-0.4, -0.2) is 35.1 Å². The molecule has 0 bridgehead atoms. The molecule has 7 nitrogen and oxygen atoms in total. The van der Waals surface area contributed by atoms with Crippen LogP contribution in [0.25, 0.3) is 11.1 Å². The van der Waals surface area contributed by atoms with Crippen molar-refractivity contribution in [2.75, 3.05) is 23.3 Å². The summed E-state index contributed by atoms with van der Waals surface area (Å²) in [5, 5.41) is 12.1. The largest absolute Gasteiger partial charge is 0.478 e. The molecule has 0 atom stereocenters. The van der Waals surface area contributed by atoms with Gasteiger partial charge in [-0.3, -0.25) is 4.79 Å². The molecule has 2 heterocycles. The fourth-order valence-electron chi connectivity index (χ4n) is 3.50. The number of oxazole rings is 1. The van der Waals surface area contributed by atoms with Gasteiger partial charge in [0.1, 0.15) is 5.52 Å². The number of amides is 1. The Kier molecular flexibility index (Phi) is 4.73. The van der Waals surface area contributed by atoms with E-state index in [1.54, 1.807) is 19.1 Å². The number of hydrogen-bond acceptors (Lipinski definition) is 5. The summed E-state index contributed by atoms with van der Waals surface area (Å²) in [6.07, 6.45) is 1.37. The smallest absolute Gasteiger partial charge is 0.336 e. The van der Waals surface area contributed by atoms with Crippen molar-refractivity contribution >= 4 is 34.7 Å². The maximum absolute atomic E-state index is 12.6. The Labute approximate surface area is 162 Å². The van der Waals surface area contributed by atoms with Crippen LogP contribution in [0.4, 0.5) is 11.7 Å². The monoisotopic (exact) mass is 379 g/mol. The Morgan fingerprint density at radius 1 is 1.18 bits per heavy atom. The van der Waals surface area contributed by atoms with Gasteiger partial charge in [-0.1, -0.05) is 18.2 Å². The molecule has 2 N–H and O–H groups in total. The lowest BCUT2D eigenvalue weighted by Crippen LogP contribution is -2.38. The number of fused-ring (bicyclic) bond motifs is 1. The van der Waals surface area contributed by atoms with Gasteiger partial charge in [0.25, 0.3) is 6.01 Å². The van der Waals surface area contributed by atoms with Gasteiger partial charge in [-0.15, -0.1) is 0 Å². The van der Waals surface area contributed by atoms with Gasteiger partial charge in [0.05, 0.1) is 5.56 Å². The first-order valence-electron chi connectivity index (χ1n) is 9.26. The first-order valence-corrected chi connectivity index (χ1v) is 9.26. The molecule has 1 aliphatic rings. The second-order valence-corrected chi connectivity index (χ2v) is 7.05. The number of carbonyl (C=O) groups is 2. The second-order valence-electron chi connectivity index (χ2n) is 7.05. The lowest BCUT2D eigenvalue weighted by atomic mass is 9.96. The average molecular weight is 379 g/mol. The summed E-state index contributed by atoms with van der Waals surface area (Å²) in [4.78, 5) is 30.4. The van der Waals surface area contributed by atoms with E-state index >= 15 is 0 Å². The highest BCUT2D eigenvalue weighted by atomic mass is 16.4. The number of benzene rings is 2. The standard InChI is InChI=1S/C21H21N3O4/c1-13-6-7-15(12-16(13)20(26)27)22-19(25)14-8-10-24(11-9-14)21-23-17-4-2-3-5-18(17)28-21/h2-7,12,14H,8-11H2,1H3,(H,22,25)(H,26,27). The van der Waals surface area contributed by atoms with Crippen molar-refractivity contribution in [3.8, 4) is 0 Å². The fraction of sp³-hybridized carbons (Fsp3) is 0.286. The van der Waals surface area contributed by atoms with E-state index in [4.69, 9.17) is 4.42 Å². The van der Waals surface area contributed by atoms with Crippen molar-refractivity contribution in [2.45, 2.75) is 19.8 Å². The van der Waals surface area contributed by atoms with Crippen LogP contribution in [0.1, 0.15) is 28.8 Å². The highest BCUT2D eigenvalue weighted by molar-refractivity contribution is 5.95. The number of carboxylic acid groups (broad SMARTS) is 1. The molecule has 0 saturated carbocycles. The number of aryl methyl sites for hydroxylation is 1. The number of nitrogens with zero attached hydrogens (tertiary/aromatic N) is 2. The van der Waals surface area contributed by atoms with Crippen molar-refractivity contribution in [3.63, 3.8) is 0 Å². The third-order valence-electron chi connectivity index (χ3n) is 5.15. The number of carboxylic acids is 1. The first kappa shape index (κ1) is 18.0. The maximum Gasteiger partial charge on any atom is 0.336 e. The molecule has 2 aromatic carbocycles. The highest BCUT2D eigenvalue weighted by Crippen LogP contribution is 2.27. The molecular weight excluding hydrogens is 358 g/mol. The molecule has 1 saturated heterocycles. The lowest BCUT2D eigenvalue weighted by Gasteiger charge is -2.30. The van der Waals surface area contributed by atoms with Crippen molar-refractivity contribution in [1.29, 1.82) is 0 Å². The van der Waals surface area contributed by atoms with Crippen molar-refractivity contribution in [3.05, 3.63) is 53.6 Å². The van der Waals surface area contributed by atoms with Crippen LogP contribution in [-0.2, 0) is 4.79 Å². The molecule has 28 heavy (non-hydrogen) atoms. The summed E-state index contributed by atoms with van der Waals surface area (Å²) in [6.45, 7) is 3.09. The zero-order chi connectivity index (χ0) is 19.7. The van der Waals surface area contributed by atoms with Crippen LogP contribution in [0.5, 0.6) is 0 Å². The number of nitrogens with one attached hydrogen (secondary N) is 1. The van der Waals surface area contributed by atoms with E-state index in [1.165, 1.54) is 6.07 Å². The minimum atomic E-state index is -1.000. The average Bonchev–Trinajstić information content (AvgIpc) is 3.13. The summed E-state index contributed by atoms with van der Waals surface area (Å²) in [6, 6.07) is 13.2. The zero-order valence-electron chi connectivity index (χ0n) is 15.5. The SMILES string of the molecule is Cc1ccc(NC(=O)C2CCN(c3nc4ccccc4o3)CC2)cc1C(=O)O. The summed E-state index contributed by atoms with van der Waals surface area (Å²) < 4.78 is 5.80. The van der Waals surface area contributed by atoms with Gasteiger partial charge in [0.15, 0.2) is 5.58 Å². The van der Waals surface area contributed by atoms with Gasteiger partial charge >= 0.3 is 5.97 Å². The molecule has 0 unspecified atom stereocenters.